The van der Waals surface area contributed by atoms with Gasteiger partial charge in [-0.25, -0.2) is 4.79 Å². The highest BCUT2D eigenvalue weighted by Crippen LogP contribution is 2.25. The van der Waals surface area contributed by atoms with Crippen molar-refractivity contribution in [1.82, 2.24) is 0 Å². The quantitative estimate of drug-likeness (QED) is 0.0691. The molecular weight excluding hydrogens is 524 g/mol. The van der Waals surface area contributed by atoms with Crippen molar-refractivity contribution in [3.8, 4) is 0 Å². The van der Waals surface area contributed by atoms with Gasteiger partial charge in [-0.3, -0.25) is 0 Å². The van der Waals surface area contributed by atoms with Crippen LogP contribution in [-0.2, 0) is 19.0 Å². The Kier molecular flexibility index (Phi) is 22.6. The molecule has 1 N–H and O–H groups in total. The summed E-state index contributed by atoms with van der Waals surface area (Å²) in [6, 6.07) is 0. The molecule has 5 heteroatoms. The van der Waals surface area contributed by atoms with Crippen molar-refractivity contribution < 1.29 is 24.1 Å². The molecule has 0 aromatic rings. The Balaban J connectivity index is 1.25. The molecule has 5 nitrogen and oxygen atoms in total. The van der Waals surface area contributed by atoms with E-state index >= 15 is 0 Å². The van der Waals surface area contributed by atoms with Crippen molar-refractivity contribution in [2.45, 2.75) is 205 Å². The number of hydrogen-bond acceptors (Lipinski definition) is 5. The summed E-state index contributed by atoms with van der Waals surface area (Å²) in [6.45, 7) is 5.72. The van der Waals surface area contributed by atoms with Crippen LogP contribution in [0.3, 0.4) is 0 Å². The van der Waals surface area contributed by atoms with Gasteiger partial charge in [0, 0.05) is 12.2 Å². The first kappa shape index (κ1) is 37.3. The number of carbonyl (C=O) groups is 1. The molecule has 4 atom stereocenters. The second kappa shape index (κ2) is 25.4. The minimum absolute atomic E-state index is 0.0202. The molecule has 2 aliphatic heterocycles. The minimum atomic E-state index is -0.301. The molecule has 4 unspecified atom stereocenters. The van der Waals surface area contributed by atoms with E-state index in [4.69, 9.17) is 14.2 Å². The van der Waals surface area contributed by atoms with E-state index in [0.717, 1.165) is 57.1 Å². The first-order chi connectivity index (χ1) is 20.6. The fraction of sp³-hybridized carbons (Fsp3) is 0.919. The molecule has 0 aliphatic carbocycles. The number of cyclic esters (lactones) is 1. The van der Waals surface area contributed by atoms with E-state index in [2.05, 4.69) is 6.92 Å². The number of hydrogen-bond donors (Lipinski definition) is 1. The molecule has 1 fully saturated rings. The molecule has 0 spiro atoms. The van der Waals surface area contributed by atoms with E-state index in [-0.39, 0.29) is 30.4 Å². The van der Waals surface area contributed by atoms with Gasteiger partial charge >= 0.3 is 5.97 Å². The highest BCUT2D eigenvalue weighted by Gasteiger charge is 2.30. The summed E-state index contributed by atoms with van der Waals surface area (Å²) in [6.07, 6.45) is 34.4. The van der Waals surface area contributed by atoms with E-state index in [1.54, 1.807) is 0 Å². The molecule has 246 valence electrons. The maximum Gasteiger partial charge on any atom is 0.334 e. The van der Waals surface area contributed by atoms with Gasteiger partial charge in [-0.05, 0) is 51.5 Å². The largest absolute Gasteiger partial charge is 0.455 e. The Labute approximate surface area is 259 Å². The molecule has 0 amide bonds. The topological polar surface area (TPSA) is 65.0 Å². The van der Waals surface area contributed by atoms with Gasteiger partial charge in [-0.2, -0.15) is 0 Å². The summed E-state index contributed by atoms with van der Waals surface area (Å²) in [5, 5.41) is 10.5. The second-order valence-corrected chi connectivity index (χ2v) is 13.3. The third-order valence-corrected chi connectivity index (χ3v) is 9.20. The average molecular weight is 593 g/mol. The predicted octanol–water partition coefficient (Wildman–Crippen LogP) is 10.2. The first-order valence-electron chi connectivity index (χ1n) is 18.4. The zero-order chi connectivity index (χ0) is 30.1. The zero-order valence-corrected chi connectivity index (χ0v) is 27.8. The van der Waals surface area contributed by atoms with Gasteiger partial charge in [-0.1, -0.05) is 135 Å². The van der Waals surface area contributed by atoms with Crippen LogP contribution >= 0.6 is 0 Å². The van der Waals surface area contributed by atoms with Crippen molar-refractivity contribution in [3.63, 3.8) is 0 Å². The molecule has 0 radical (unpaired) electrons. The minimum Gasteiger partial charge on any atom is -0.455 e. The summed E-state index contributed by atoms with van der Waals surface area (Å²) in [4.78, 5) is 11.6. The maximum atomic E-state index is 11.6. The van der Waals surface area contributed by atoms with Crippen LogP contribution in [0.25, 0.3) is 0 Å². The monoisotopic (exact) mass is 593 g/mol. The van der Waals surface area contributed by atoms with Crippen molar-refractivity contribution in [2.24, 2.45) is 0 Å². The third kappa shape index (κ3) is 18.7. The van der Waals surface area contributed by atoms with E-state index in [1.807, 2.05) is 13.0 Å². The van der Waals surface area contributed by atoms with Gasteiger partial charge in [0.2, 0.25) is 0 Å². The number of unbranched alkanes of at least 4 members (excludes halogenated alkanes) is 20. The van der Waals surface area contributed by atoms with Crippen molar-refractivity contribution in [1.29, 1.82) is 0 Å². The Morgan fingerprint density at radius 1 is 0.762 bits per heavy atom. The lowest BCUT2D eigenvalue weighted by atomic mass is 10.0. The number of rotatable bonds is 29. The van der Waals surface area contributed by atoms with Gasteiger partial charge in [0.15, 0.2) is 0 Å². The number of ether oxygens (including phenoxy) is 3. The van der Waals surface area contributed by atoms with Crippen molar-refractivity contribution in [3.05, 3.63) is 11.6 Å². The van der Waals surface area contributed by atoms with E-state index in [0.29, 0.717) is 6.61 Å². The van der Waals surface area contributed by atoms with Crippen molar-refractivity contribution >= 4 is 5.97 Å². The summed E-state index contributed by atoms with van der Waals surface area (Å²) in [5.74, 6) is -0.100. The van der Waals surface area contributed by atoms with E-state index < -0.39 is 0 Å². The Bertz CT molecular complexity index is 677. The normalized spacial score (nSPS) is 21.2. The van der Waals surface area contributed by atoms with Gasteiger partial charge < -0.3 is 19.3 Å². The number of aliphatic hydroxyl groups excluding tert-OH is 1. The van der Waals surface area contributed by atoms with E-state index in [1.165, 1.54) is 122 Å². The Morgan fingerprint density at radius 3 is 1.83 bits per heavy atom. The second-order valence-electron chi connectivity index (χ2n) is 13.3. The van der Waals surface area contributed by atoms with Gasteiger partial charge in [0.05, 0.1) is 24.9 Å². The maximum absolute atomic E-state index is 11.6. The fourth-order valence-corrected chi connectivity index (χ4v) is 6.48. The van der Waals surface area contributed by atoms with Crippen LogP contribution in [-0.4, -0.2) is 48.7 Å². The predicted molar refractivity (Wildman–Crippen MR) is 175 cm³/mol. The van der Waals surface area contributed by atoms with Crippen LogP contribution in [0.1, 0.15) is 181 Å². The molecule has 0 saturated carbocycles. The molecule has 2 rings (SSSR count). The standard InChI is InChI=1S/C37H68O5/c1-3-4-5-6-7-17-20-23-26-35(38)36-28-27-34(42-36)31-40-29-24-21-18-15-13-11-9-8-10-12-14-16-19-22-25-33-30-32(2)41-37(33)39/h30,32,34-36,38H,3-29,31H2,1-2H3. The third-order valence-electron chi connectivity index (χ3n) is 9.20. The smallest absolute Gasteiger partial charge is 0.334 e. The molecule has 42 heavy (non-hydrogen) atoms. The molecule has 1 saturated heterocycles. The molecular formula is C37H68O5. The van der Waals surface area contributed by atoms with E-state index in [9.17, 15) is 9.90 Å². The number of carbonyl (C=O) groups excluding carboxylic acids is 1. The van der Waals surface area contributed by atoms with Crippen LogP contribution in [0, 0.1) is 0 Å². The SMILES string of the molecule is CCCCCCCCCCC(O)C1CCC(COCCCCCCCCCCCCCCCCC2=CC(C)OC2=O)O1. The lowest BCUT2D eigenvalue weighted by Crippen LogP contribution is -2.27. The number of esters is 1. The molecule has 2 aliphatic rings. The molecule has 0 bridgehead atoms. The summed E-state index contributed by atoms with van der Waals surface area (Å²) in [7, 11) is 0. The Hall–Kier alpha value is -0.910. The lowest BCUT2D eigenvalue weighted by molar-refractivity contribution is -0.139. The fourth-order valence-electron chi connectivity index (χ4n) is 6.48. The highest BCUT2D eigenvalue weighted by molar-refractivity contribution is 5.90. The summed E-state index contributed by atoms with van der Waals surface area (Å²) < 4.78 is 17.2. The molecule has 2 heterocycles. The summed E-state index contributed by atoms with van der Waals surface area (Å²) in [5.41, 5.74) is 0.889. The summed E-state index contributed by atoms with van der Waals surface area (Å²) >= 11 is 0. The molecule has 0 aromatic carbocycles. The zero-order valence-electron chi connectivity index (χ0n) is 27.8. The lowest BCUT2D eigenvalue weighted by Gasteiger charge is -2.19. The average Bonchev–Trinajstić information content (AvgIpc) is 3.59. The van der Waals surface area contributed by atoms with Crippen LogP contribution in [0.15, 0.2) is 11.6 Å². The van der Waals surface area contributed by atoms with Gasteiger partial charge in [-0.15, -0.1) is 0 Å². The highest BCUT2D eigenvalue weighted by atomic mass is 16.6. The van der Waals surface area contributed by atoms with Crippen LogP contribution in [0.5, 0.6) is 0 Å². The van der Waals surface area contributed by atoms with Crippen LogP contribution in [0.4, 0.5) is 0 Å². The van der Waals surface area contributed by atoms with Gasteiger partial charge in [0.25, 0.3) is 0 Å². The van der Waals surface area contributed by atoms with Crippen molar-refractivity contribution in [2.75, 3.05) is 13.2 Å². The van der Waals surface area contributed by atoms with Crippen LogP contribution in [0.2, 0.25) is 0 Å². The first-order valence-corrected chi connectivity index (χ1v) is 18.4. The van der Waals surface area contributed by atoms with Crippen LogP contribution < -0.4 is 0 Å². The molecule has 0 aromatic heterocycles. The number of aliphatic hydroxyl groups is 1. The Morgan fingerprint density at radius 2 is 1.29 bits per heavy atom. The van der Waals surface area contributed by atoms with Gasteiger partial charge in [0.1, 0.15) is 6.10 Å².